The van der Waals surface area contributed by atoms with Crippen LogP contribution < -0.4 is 10.2 Å². The van der Waals surface area contributed by atoms with Crippen LogP contribution in [0.4, 0.5) is 5.95 Å². The Hall–Kier alpha value is -1.96. The minimum atomic E-state index is 0.445. The molecular weight excluding hydrogens is 244 g/mol. The van der Waals surface area contributed by atoms with Crippen LogP contribution in [0.15, 0.2) is 12.7 Å². The Bertz CT molecular complexity index is 509. The number of rotatable bonds is 3. The second-order valence-corrected chi connectivity index (χ2v) is 5.05. The highest BCUT2D eigenvalue weighted by Gasteiger charge is 2.23. The number of H-pyrrole nitrogens is 1. The highest BCUT2D eigenvalue weighted by Crippen LogP contribution is 2.12. The van der Waals surface area contributed by atoms with Crippen molar-refractivity contribution in [2.45, 2.75) is 32.5 Å². The summed E-state index contributed by atoms with van der Waals surface area (Å²) in [6, 6.07) is 0.891. The predicted octanol–water partition coefficient (Wildman–Crippen LogP) is -0.369. The molecule has 19 heavy (non-hydrogen) atoms. The predicted molar refractivity (Wildman–Crippen MR) is 69.8 cm³/mol. The first-order chi connectivity index (χ1) is 9.20. The first-order valence-electron chi connectivity index (χ1n) is 6.45. The van der Waals surface area contributed by atoms with Gasteiger partial charge in [-0.2, -0.15) is 10.1 Å². The highest BCUT2D eigenvalue weighted by atomic mass is 15.4. The third-order valence-corrected chi connectivity index (χ3v) is 3.14. The number of nitrogens with one attached hydrogen (secondary N) is 2. The Morgan fingerprint density at radius 3 is 2.79 bits per heavy atom. The van der Waals surface area contributed by atoms with Gasteiger partial charge < -0.3 is 10.2 Å². The smallest absolute Gasteiger partial charge is 0.244 e. The maximum absolute atomic E-state index is 4.52. The average Bonchev–Trinajstić information content (AvgIpc) is 2.99. The molecule has 0 radical (unpaired) electrons. The van der Waals surface area contributed by atoms with Crippen LogP contribution in [0.3, 0.4) is 0 Å². The van der Waals surface area contributed by atoms with Crippen molar-refractivity contribution in [3.63, 3.8) is 0 Å². The fourth-order valence-electron chi connectivity index (χ4n) is 2.46. The van der Waals surface area contributed by atoms with Gasteiger partial charge in [0.1, 0.15) is 25.0 Å². The van der Waals surface area contributed by atoms with Crippen molar-refractivity contribution in [1.82, 2.24) is 35.3 Å². The zero-order chi connectivity index (χ0) is 13.2. The van der Waals surface area contributed by atoms with Crippen LogP contribution in [-0.2, 0) is 6.54 Å². The molecule has 2 atom stereocenters. The van der Waals surface area contributed by atoms with Crippen LogP contribution in [0.25, 0.3) is 0 Å². The summed E-state index contributed by atoms with van der Waals surface area (Å²) in [4.78, 5) is 10.6. The Balaban J connectivity index is 1.70. The van der Waals surface area contributed by atoms with E-state index >= 15 is 0 Å². The minimum Gasteiger partial charge on any atom is -0.336 e. The van der Waals surface area contributed by atoms with E-state index in [1.165, 1.54) is 6.33 Å². The molecule has 0 saturated carbocycles. The van der Waals surface area contributed by atoms with Crippen molar-refractivity contribution in [2.24, 2.45) is 0 Å². The lowest BCUT2D eigenvalue weighted by Gasteiger charge is -2.35. The van der Waals surface area contributed by atoms with E-state index in [0.29, 0.717) is 18.6 Å². The van der Waals surface area contributed by atoms with Gasteiger partial charge in [0.25, 0.3) is 0 Å². The lowest BCUT2D eigenvalue weighted by molar-refractivity contribution is 0.403. The van der Waals surface area contributed by atoms with E-state index in [4.69, 9.17) is 0 Å². The van der Waals surface area contributed by atoms with Crippen molar-refractivity contribution in [3.05, 3.63) is 18.5 Å². The van der Waals surface area contributed by atoms with Crippen molar-refractivity contribution >= 4 is 5.95 Å². The zero-order valence-corrected chi connectivity index (χ0v) is 11.1. The number of piperazine rings is 1. The molecular formula is C11H18N8. The van der Waals surface area contributed by atoms with Gasteiger partial charge in [0, 0.05) is 25.2 Å². The fraction of sp³-hybridized carbons (Fsp3) is 0.636. The summed E-state index contributed by atoms with van der Waals surface area (Å²) < 4.78 is 1.72. The molecule has 0 amide bonds. The summed E-state index contributed by atoms with van der Waals surface area (Å²) >= 11 is 0. The van der Waals surface area contributed by atoms with Crippen LogP contribution in [0.5, 0.6) is 0 Å². The van der Waals surface area contributed by atoms with Crippen LogP contribution in [-0.4, -0.2) is 55.1 Å². The maximum Gasteiger partial charge on any atom is 0.244 e. The summed E-state index contributed by atoms with van der Waals surface area (Å²) in [5.41, 5.74) is 0. The Morgan fingerprint density at radius 1 is 1.32 bits per heavy atom. The lowest BCUT2D eigenvalue weighted by atomic mass is 10.1. The molecule has 2 unspecified atom stereocenters. The largest absolute Gasteiger partial charge is 0.336 e. The highest BCUT2D eigenvalue weighted by molar-refractivity contribution is 5.30. The molecule has 1 aliphatic rings. The number of nitrogens with zero attached hydrogens (tertiary/aromatic N) is 6. The molecule has 0 spiro atoms. The van der Waals surface area contributed by atoms with Crippen LogP contribution in [0.1, 0.15) is 19.7 Å². The number of hydrogen-bond acceptors (Lipinski definition) is 6. The molecule has 1 fully saturated rings. The van der Waals surface area contributed by atoms with Gasteiger partial charge in [0.2, 0.25) is 5.95 Å². The monoisotopic (exact) mass is 262 g/mol. The second-order valence-electron chi connectivity index (χ2n) is 5.05. The molecule has 2 N–H and O–H groups in total. The third-order valence-electron chi connectivity index (χ3n) is 3.14. The minimum absolute atomic E-state index is 0.445. The second kappa shape index (κ2) is 4.96. The van der Waals surface area contributed by atoms with Gasteiger partial charge in [-0.25, -0.2) is 9.67 Å². The molecule has 102 valence electrons. The van der Waals surface area contributed by atoms with Crippen molar-refractivity contribution in [1.29, 1.82) is 0 Å². The molecule has 0 aromatic carbocycles. The van der Waals surface area contributed by atoms with Crippen LogP contribution in [0.2, 0.25) is 0 Å². The summed E-state index contributed by atoms with van der Waals surface area (Å²) in [7, 11) is 0. The molecule has 3 heterocycles. The normalized spacial score (nSPS) is 23.8. The van der Waals surface area contributed by atoms with E-state index in [2.05, 4.69) is 49.3 Å². The quantitative estimate of drug-likeness (QED) is 0.785. The topological polar surface area (TPSA) is 87.6 Å². The van der Waals surface area contributed by atoms with E-state index < -0.39 is 0 Å². The summed E-state index contributed by atoms with van der Waals surface area (Å²) in [5, 5.41) is 14.8. The molecule has 3 rings (SSSR count). The van der Waals surface area contributed by atoms with Gasteiger partial charge >= 0.3 is 0 Å². The maximum atomic E-state index is 4.52. The van der Waals surface area contributed by atoms with Crippen LogP contribution in [0, 0.1) is 0 Å². The Labute approximate surface area is 111 Å². The summed E-state index contributed by atoms with van der Waals surface area (Å²) in [5.74, 6) is 1.55. The fourth-order valence-corrected chi connectivity index (χ4v) is 2.46. The number of aromatic amines is 1. The SMILES string of the molecule is CC1CN(c2n[nH]c(Cn3cncn3)n2)CC(C)N1. The molecule has 2 aromatic rings. The molecule has 8 heteroatoms. The number of hydrogen-bond donors (Lipinski definition) is 2. The van der Waals surface area contributed by atoms with E-state index in [9.17, 15) is 0 Å². The molecule has 1 aliphatic heterocycles. The first kappa shape index (κ1) is 12.1. The molecule has 0 bridgehead atoms. The number of aromatic nitrogens is 6. The summed E-state index contributed by atoms with van der Waals surface area (Å²) in [6.45, 7) is 6.75. The van der Waals surface area contributed by atoms with E-state index in [0.717, 1.165) is 24.9 Å². The van der Waals surface area contributed by atoms with Crippen molar-refractivity contribution < 1.29 is 0 Å². The van der Waals surface area contributed by atoms with E-state index in [1.54, 1.807) is 11.0 Å². The van der Waals surface area contributed by atoms with Gasteiger partial charge in [-0.3, -0.25) is 5.10 Å². The molecule has 1 saturated heterocycles. The van der Waals surface area contributed by atoms with Crippen molar-refractivity contribution in [3.8, 4) is 0 Å². The molecule has 8 nitrogen and oxygen atoms in total. The van der Waals surface area contributed by atoms with Gasteiger partial charge in [-0.05, 0) is 13.8 Å². The summed E-state index contributed by atoms with van der Waals surface area (Å²) in [6.07, 6.45) is 3.17. The van der Waals surface area contributed by atoms with E-state index in [-0.39, 0.29) is 0 Å². The Morgan fingerprint density at radius 2 is 2.11 bits per heavy atom. The zero-order valence-electron chi connectivity index (χ0n) is 11.1. The van der Waals surface area contributed by atoms with Gasteiger partial charge in [-0.1, -0.05) is 0 Å². The lowest BCUT2D eigenvalue weighted by Crippen LogP contribution is -2.54. The van der Waals surface area contributed by atoms with Crippen LogP contribution >= 0.6 is 0 Å². The molecule has 2 aromatic heterocycles. The van der Waals surface area contributed by atoms with E-state index in [1.807, 2.05) is 0 Å². The Kier molecular flexibility index (Phi) is 3.16. The standard InChI is InChI=1S/C11H18N8/c1-8-3-18(4-9(2)14-8)11-15-10(16-17-11)5-19-7-12-6-13-19/h6-9,14H,3-5H2,1-2H3,(H,15,16,17). The van der Waals surface area contributed by atoms with Gasteiger partial charge in [0.05, 0.1) is 0 Å². The van der Waals surface area contributed by atoms with Crippen molar-refractivity contribution in [2.75, 3.05) is 18.0 Å². The number of anilines is 1. The van der Waals surface area contributed by atoms with Gasteiger partial charge in [-0.15, -0.1) is 5.10 Å². The van der Waals surface area contributed by atoms with Gasteiger partial charge in [0.15, 0.2) is 0 Å². The average molecular weight is 262 g/mol. The molecule has 0 aliphatic carbocycles. The first-order valence-corrected chi connectivity index (χ1v) is 6.45. The third kappa shape index (κ3) is 2.73.